The number of aryl methyl sites for hydroxylation is 1. The number of aromatic amines is 1. The largest absolute Gasteiger partial charge is 0.418 e. The number of nitrogens with one attached hydrogen (secondary N) is 2. The molecule has 9 nitrogen and oxygen atoms in total. The molecule has 0 unspecified atom stereocenters. The summed E-state index contributed by atoms with van der Waals surface area (Å²) in [7, 11) is 1.33. The molecule has 0 aliphatic rings. The number of carbonyl (C=O) groups excluding carboxylic acids is 1. The summed E-state index contributed by atoms with van der Waals surface area (Å²) >= 11 is 0.763. The highest BCUT2D eigenvalue weighted by Gasteiger charge is 2.36. The minimum absolute atomic E-state index is 0.0458. The molecule has 13 heteroatoms. The van der Waals surface area contributed by atoms with E-state index in [1.807, 2.05) is 19.1 Å². The lowest BCUT2D eigenvalue weighted by Gasteiger charge is -2.23. The Bertz CT molecular complexity index is 1910. The smallest absolute Gasteiger partial charge is 0.343 e. The first-order valence-electron chi connectivity index (χ1n) is 12.7. The van der Waals surface area contributed by atoms with Gasteiger partial charge in [0, 0.05) is 48.9 Å². The molecule has 0 atom stereocenters. The van der Waals surface area contributed by atoms with Gasteiger partial charge in [0.25, 0.3) is 17.2 Å². The van der Waals surface area contributed by atoms with Gasteiger partial charge in [-0.3, -0.25) is 18.9 Å². The molecule has 0 aliphatic carbocycles. The van der Waals surface area contributed by atoms with Crippen molar-refractivity contribution in [3.05, 3.63) is 123 Å². The predicted octanol–water partition coefficient (Wildman–Crippen LogP) is 6.78. The molecule has 43 heavy (non-hydrogen) atoms. The molecular formula is C30H22F3N7O2S. The van der Waals surface area contributed by atoms with Gasteiger partial charge in [-0.15, -0.1) is 0 Å². The molecule has 5 rings (SSSR count). The Kier molecular flexibility index (Phi) is 8.05. The standard InChI is InChI=1S/C30H22F3N7O2S/c1-17-6-7-18(13-20(17)14-25-36-12-10-23(38-25)19-5-4-11-35-16-19)27(41)37-21-8-9-24(22(15-21)30(31,32)33)40(3)29-26(34-2)28(42)39-43-29/h4-13,15-16H,14H2,1,3H3,(H,37,41)(H,39,42). The fourth-order valence-electron chi connectivity index (χ4n) is 4.39. The van der Waals surface area contributed by atoms with E-state index in [0.717, 1.165) is 39.2 Å². The molecule has 1 amide bonds. The van der Waals surface area contributed by atoms with Crippen molar-refractivity contribution in [3.63, 3.8) is 0 Å². The number of hydrogen-bond acceptors (Lipinski definition) is 7. The molecule has 0 saturated carbocycles. The van der Waals surface area contributed by atoms with Crippen molar-refractivity contribution < 1.29 is 18.0 Å². The maximum absolute atomic E-state index is 14.1. The van der Waals surface area contributed by atoms with E-state index in [1.54, 1.807) is 42.9 Å². The number of aromatic nitrogens is 4. The van der Waals surface area contributed by atoms with Crippen LogP contribution >= 0.6 is 11.5 Å². The third kappa shape index (κ3) is 6.29. The number of hydrogen-bond donors (Lipinski definition) is 2. The number of rotatable bonds is 7. The highest BCUT2D eigenvalue weighted by molar-refractivity contribution is 7.11. The van der Waals surface area contributed by atoms with Gasteiger partial charge < -0.3 is 10.2 Å². The van der Waals surface area contributed by atoms with Gasteiger partial charge in [0.05, 0.1) is 23.5 Å². The number of amides is 1. The van der Waals surface area contributed by atoms with Crippen LogP contribution in [0, 0.1) is 13.5 Å². The number of alkyl halides is 3. The van der Waals surface area contributed by atoms with Crippen molar-refractivity contribution in [2.75, 3.05) is 17.3 Å². The number of H-pyrrole nitrogens is 1. The van der Waals surface area contributed by atoms with E-state index in [0.29, 0.717) is 17.9 Å². The quantitative estimate of drug-likeness (QED) is 0.199. The minimum atomic E-state index is -4.79. The zero-order chi connectivity index (χ0) is 30.7. The van der Waals surface area contributed by atoms with E-state index >= 15 is 0 Å². The molecule has 216 valence electrons. The monoisotopic (exact) mass is 601 g/mol. The maximum Gasteiger partial charge on any atom is 0.418 e. The van der Waals surface area contributed by atoms with Crippen LogP contribution in [-0.2, 0) is 12.6 Å². The molecule has 0 fully saturated rings. The minimum Gasteiger partial charge on any atom is -0.343 e. The summed E-state index contributed by atoms with van der Waals surface area (Å²) in [6, 6.07) is 13.8. The highest BCUT2D eigenvalue weighted by Crippen LogP contribution is 2.42. The number of benzene rings is 2. The Morgan fingerprint density at radius 3 is 2.67 bits per heavy atom. The van der Waals surface area contributed by atoms with Gasteiger partial charge in [-0.1, -0.05) is 17.6 Å². The molecule has 0 saturated heterocycles. The Hall–Kier alpha value is -5.35. The molecule has 2 aromatic carbocycles. The van der Waals surface area contributed by atoms with Gasteiger partial charge >= 0.3 is 6.18 Å². The Labute approximate surface area is 247 Å². The van der Waals surface area contributed by atoms with Crippen molar-refractivity contribution in [1.82, 2.24) is 19.3 Å². The van der Waals surface area contributed by atoms with Crippen LogP contribution in [0.15, 0.2) is 78.0 Å². The van der Waals surface area contributed by atoms with E-state index in [9.17, 15) is 22.8 Å². The Balaban J connectivity index is 1.39. The van der Waals surface area contributed by atoms with Crippen molar-refractivity contribution in [2.24, 2.45) is 0 Å². The molecular weight excluding hydrogens is 579 g/mol. The topological polar surface area (TPSA) is 108 Å². The summed E-state index contributed by atoms with van der Waals surface area (Å²) in [5.74, 6) is -0.0648. The fraction of sp³-hybridized carbons (Fsp3) is 0.133. The Morgan fingerprint density at radius 2 is 1.95 bits per heavy atom. The summed E-state index contributed by atoms with van der Waals surface area (Å²) in [4.78, 5) is 42.4. The average Bonchev–Trinajstić information content (AvgIpc) is 3.38. The molecule has 3 aromatic heterocycles. The zero-order valence-corrected chi connectivity index (χ0v) is 23.5. The second kappa shape index (κ2) is 11.9. The first-order valence-corrected chi connectivity index (χ1v) is 13.5. The number of anilines is 3. The third-order valence-corrected chi connectivity index (χ3v) is 7.57. The average molecular weight is 602 g/mol. The molecule has 5 aromatic rings. The molecule has 0 aliphatic heterocycles. The van der Waals surface area contributed by atoms with Gasteiger partial charge in [0.1, 0.15) is 10.8 Å². The molecule has 0 radical (unpaired) electrons. The van der Waals surface area contributed by atoms with Gasteiger partial charge in [-0.2, -0.15) is 13.2 Å². The first kappa shape index (κ1) is 29.2. The van der Waals surface area contributed by atoms with E-state index in [2.05, 4.69) is 29.5 Å². The Morgan fingerprint density at radius 1 is 1.14 bits per heavy atom. The molecule has 2 N–H and O–H groups in total. The molecule has 3 heterocycles. The van der Waals surface area contributed by atoms with Crippen molar-refractivity contribution in [1.29, 1.82) is 0 Å². The second-order valence-electron chi connectivity index (χ2n) is 9.46. The van der Waals surface area contributed by atoms with Crippen LogP contribution in [0.25, 0.3) is 16.1 Å². The summed E-state index contributed by atoms with van der Waals surface area (Å²) < 4.78 is 44.7. The normalized spacial score (nSPS) is 11.2. The van der Waals surface area contributed by atoms with Crippen molar-refractivity contribution in [3.8, 4) is 11.3 Å². The van der Waals surface area contributed by atoms with Gasteiger partial charge in [-0.05, 0) is 66.6 Å². The van der Waals surface area contributed by atoms with Crippen molar-refractivity contribution in [2.45, 2.75) is 19.5 Å². The predicted molar refractivity (Wildman–Crippen MR) is 158 cm³/mol. The lowest BCUT2D eigenvalue weighted by Crippen LogP contribution is -2.18. The van der Waals surface area contributed by atoms with E-state index in [-0.39, 0.29) is 27.6 Å². The number of nitrogens with zero attached hydrogens (tertiary/aromatic N) is 5. The fourth-order valence-corrected chi connectivity index (χ4v) is 5.15. The van der Waals surface area contributed by atoms with E-state index in [4.69, 9.17) is 6.57 Å². The van der Waals surface area contributed by atoms with Crippen LogP contribution in [0.1, 0.15) is 32.9 Å². The van der Waals surface area contributed by atoms with Gasteiger partial charge in [0.15, 0.2) is 0 Å². The van der Waals surface area contributed by atoms with Gasteiger partial charge in [0.2, 0.25) is 0 Å². The number of carbonyl (C=O) groups is 1. The summed E-state index contributed by atoms with van der Waals surface area (Å²) in [5, 5.41) is 2.59. The number of halogens is 3. The lowest BCUT2D eigenvalue weighted by molar-refractivity contribution is -0.137. The van der Waals surface area contributed by atoms with Gasteiger partial charge in [-0.25, -0.2) is 14.8 Å². The first-order chi connectivity index (χ1) is 20.5. The summed E-state index contributed by atoms with van der Waals surface area (Å²) in [6.45, 7) is 9.09. The van der Waals surface area contributed by atoms with E-state index in [1.165, 1.54) is 19.2 Å². The summed E-state index contributed by atoms with van der Waals surface area (Å²) in [5.41, 5.74) is 1.09. The third-order valence-electron chi connectivity index (χ3n) is 6.62. The molecule has 0 spiro atoms. The van der Waals surface area contributed by atoms with Crippen LogP contribution in [0.3, 0.4) is 0 Å². The molecule has 0 bridgehead atoms. The maximum atomic E-state index is 14.1. The van der Waals surface area contributed by atoms with Crippen LogP contribution < -0.4 is 15.8 Å². The van der Waals surface area contributed by atoms with Crippen LogP contribution in [0.5, 0.6) is 0 Å². The summed E-state index contributed by atoms with van der Waals surface area (Å²) in [6.07, 6.45) is 0.561. The SMILES string of the molecule is [C-]#[N+]c1c(N(C)c2ccc(NC(=O)c3ccc(C)c(Cc4nccc(-c5cccnc5)n4)c3)cc2C(F)(F)F)s[nH]c1=O. The zero-order valence-electron chi connectivity index (χ0n) is 22.7. The van der Waals surface area contributed by atoms with Crippen LogP contribution in [0.4, 0.5) is 35.2 Å². The van der Waals surface area contributed by atoms with Crippen molar-refractivity contribution >= 4 is 39.5 Å². The lowest BCUT2D eigenvalue weighted by atomic mass is 10.0. The second-order valence-corrected chi connectivity index (χ2v) is 10.3. The van der Waals surface area contributed by atoms with Crippen LogP contribution in [-0.4, -0.2) is 32.3 Å². The highest BCUT2D eigenvalue weighted by atomic mass is 32.1. The van der Waals surface area contributed by atoms with E-state index < -0.39 is 23.2 Å². The van der Waals surface area contributed by atoms with Crippen LogP contribution in [0.2, 0.25) is 0 Å². The number of pyridine rings is 1.